The monoisotopic (exact) mass is 188 g/mol. The summed E-state index contributed by atoms with van der Waals surface area (Å²) < 4.78 is 15.2. The average Bonchev–Trinajstić information content (AvgIpc) is 2.57. The zero-order valence-electron chi connectivity index (χ0n) is 7.95. The summed E-state index contributed by atoms with van der Waals surface area (Å²) in [4.78, 5) is 10.8. The molecule has 76 valence electrons. The zero-order chi connectivity index (χ0) is 9.52. The predicted octanol–water partition coefficient (Wildman–Crippen LogP) is 0.745. The molecule has 0 saturated carbocycles. The van der Waals surface area contributed by atoms with Gasteiger partial charge in [-0.15, -0.1) is 0 Å². The zero-order valence-corrected chi connectivity index (χ0v) is 7.95. The molecule has 1 heterocycles. The molecular weight excluding hydrogens is 172 g/mol. The molecule has 1 fully saturated rings. The molecule has 1 aliphatic heterocycles. The Morgan fingerprint density at radius 2 is 2.46 bits per heavy atom. The van der Waals surface area contributed by atoms with Crippen LogP contribution in [-0.4, -0.2) is 38.5 Å². The molecule has 1 saturated heterocycles. The van der Waals surface area contributed by atoms with E-state index in [0.717, 1.165) is 19.4 Å². The Labute approximate surface area is 78.2 Å². The van der Waals surface area contributed by atoms with Crippen molar-refractivity contribution in [3.63, 3.8) is 0 Å². The fourth-order valence-electron chi connectivity index (χ4n) is 1.25. The molecule has 0 aromatic heterocycles. The molecule has 1 rings (SSSR count). The molecule has 13 heavy (non-hydrogen) atoms. The lowest BCUT2D eigenvalue weighted by atomic mass is 10.2. The molecule has 0 aromatic rings. The minimum absolute atomic E-state index is 0.0354. The fourth-order valence-corrected chi connectivity index (χ4v) is 1.25. The molecule has 1 atom stereocenters. The van der Waals surface area contributed by atoms with Crippen molar-refractivity contribution in [1.29, 1.82) is 0 Å². The van der Waals surface area contributed by atoms with Crippen LogP contribution in [0.2, 0.25) is 0 Å². The second-order valence-electron chi connectivity index (χ2n) is 2.96. The Bertz CT molecular complexity index is 152. The van der Waals surface area contributed by atoms with E-state index in [0.29, 0.717) is 13.2 Å². The van der Waals surface area contributed by atoms with Crippen LogP contribution in [0.1, 0.15) is 19.8 Å². The maximum Gasteiger partial charge on any atom is 0.332 e. The van der Waals surface area contributed by atoms with E-state index in [1.807, 2.05) is 0 Å². The van der Waals surface area contributed by atoms with Crippen LogP contribution in [0, 0.1) is 0 Å². The van der Waals surface area contributed by atoms with Gasteiger partial charge in [0.15, 0.2) is 0 Å². The van der Waals surface area contributed by atoms with Gasteiger partial charge >= 0.3 is 5.97 Å². The van der Waals surface area contributed by atoms with Crippen molar-refractivity contribution in [2.24, 2.45) is 0 Å². The average molecular weight is 188 g/mol. The van der Waals surface area contributed by atoms with Crippen LogP contribution in [0.3, 0.4) is 0 Å². The summed E-state index contributed by atoms with van der Waals surface area (Å²) in [6, 6.07) is 0. The van der Waals surface area contributed by atoms with Crippen LogP contribution in [0.4, 0.5) is 0 Å². The molecule has 0 bridgehead atoms. The number of ether oxygens (including phenoxy) is 3. The van der Waals surface area contributed by atoms with E-state index in [-0.39, 0.29) is 18.7 Å². The van der Waals surface area contributed by atoms with Gasteiger partial charge < -0.3 is 14.2 Å². The van der Waals surface area contributed by atoms with Gasteiger partial charge in [-0.05, 0) is 19.8 Å². The standard InChI is InChI=1S/C9H16O4/c1-2-12-9(10)7-11-6-8-4-3-5-13-8/h8H,2-7H2,1H3/t8-/m1/s1. The summed E-state index contributed by atoms with van der Waals surface area (Å²) in [6.07, 6.45) is 2.30. The molecule has 4 heteroatoms. The number of hydrogen-bond acceptors (Lipinski definition) is 4. The Balaban J connectivity index is 1.96. The maximum atomic E-state index is 10.8. The third kappa shape index (κ3) is 4.24. The molecular formula is C9H16O4. The lowest BCUT2D eigenvalue weighted by Gasteiger charge is -2.09. The van der Waals surface area contributed by atoms with E-state index in [1.165, 1.54) is 0 Å². The van der Waals surface area contributed by atoms with Gasteiger partial charge in [0.1, 0.15) is 6.61 Å². The Hall–Kier alpha value is -0.610. The number of esters is 1. The summed E-state index contributed by atoms with van der Waals surface area (Å²) in [6.45, 7) is 3.53. The third-order valence-electron chi connectivity index (χ3n) is 1.85. The van der Waals surface area contributed by atoms with Gasteiger partial charge in [0, 0.05) is 6.61 Å². The number of rotatable bonds is 5. The SMILES string of the molecule is CCOC(=O)COC[C@H]1CCCO1. The van der Waals surface area contributed by atoms with Gasteiger partial charge in [0.05, 0.1) is 19.3 Å². The summed E-state index contributed by atoms with van der Waals surface area (Å²) in [7, 11) is 0. The number of hydrogen-bond donors (Lipinski definition) is 0. The van der Waals surface area contributed by atoms with E-state index in [2.05, 4.69) is 0 Å². The second-order valence-corrected chi connectivity index (χ2v) is 2.96. The van der Waals surface area contributed by atoms with Crippen LogP contribution < -0.4 is 0 Å². The Kier molecular flexibility index (Phi) is 4.78. The highest BCUT2D eigenvalue weighted by Crippen LogP contribution is 2.11. The highest BCUT2D eigenvalue weighted by Gasteiger charge is 2.15. The third-order valence-corrected chi connectivity index (χ3v) is 1.85. The normalized spacial score (nSPS) is 21.8. The topological polar surface area (TPSA) is 44.8 Å². The first kappa shape index (κ1) is 10.5. The molecule has 0 N–H and O–H groups in total. The minimum atomic E-state index is -0.305. The van der Waals surface area contributed by atoms with E-state index in [4.69, 9.17) is 14.2 Å². The predicted molar refractivity (Wildman–Crippen MR) is 46.4 cm³/mol. The highest BCUT2D eigenvalue weighted by atomic mass is 16.6. The van der Waals surface area contributed by atoms with E-state index >= 15 is 0 Å². The van der Waals surface area contributed by atoms with Crippen molar-refractivity contribution in [3.05, 3.63) is 0 Å². The smallest absolute Gasteiger partial charge is 0.332 e. The van der Waals surface area contributed by atoms with Gasteiger partial charge in [-0.2, -0.15) is 0 Å². The lowest BCUT2D eigenvalue weighted by molar-refractivity contribution is -0.149. The van der Waals surface area contributed by atoms with Crippen LogP contribution in [0.5, 0.6) is 0 Å². The van der Waals surface area contributed by atoms with Crippen molar-refractivity contribution in [3.8, 4) is 0 Å². The Morgan fingerprint density at radius 3 is 3.08 bits per heavy atom. The van der Waals surface area contributed by atoms with Crippen molar-refractivity contribution in [1.82, 2.24) is 0 Å². The van der Waals surface area contributed by atoms with Crippen LogP contribution in [0.25, 0.3) is 0 Å². The minimum Gasteiger partial charge on any atom is -0.464 e. The largest absolute Gasteiger partial charge is 0.464 e. The van der Waals surface area contributed by atoms with E-state index in [9.17, 15) is 4.79 Å². The molecule has 1 aliphatic rings. The number of carbonyl (C=O) groups is 1. The fraction of sp³-hybridized carbons (Fsp3) is 0.889. The summed E-state index contributed by atoms with van der Waals surface area (Å²) in [5.74, 6) is -0.305. The Morgan fingerprint density at radius 1 is 1.62 bits per heavy atom. The second kappa shape index (κ2) is 5.94. The first-order chi connectivity index (χ1) is 6.33. The van der Waals surface area contributed by atoms with Crippen molar-refractivity contribution >= 4 is 5.97 Å². The first-order valence-corrected chi connectivity index (χ1v) is 4.68. The molecule has 0 radical (unpaired) electrons. The maximum absolute atomic E-state index is 10.8. The molecule has 0 spiro atoms. The van der Waals surface area contributed by atoms with Crippen LogP contribution >= 0.6 is 0 Å². The van der Waals surface area contributed by atoms with Crippen LogP contribution in [-0.2, 0) is 19.0 Å². The molecule has 0 unspecified atom stereocenters. The van der Waals surface area contributed by atoms with E-state index < -0.39 is 0 Å². The van der Waals surface area contributed by atoms with Crippen molar-refractivity contribution < 1.29 is 19.0 Å². The summed E-state index contributed by atoms with van der Waals surface area (Å²) >= 11 is 0. The van der Waals surface area contributed by atoms with Gasteiger partial charge in [0.2, 0.25) is 0 Å². The molecule has 4 nitrogen and oxygen atoms in total. The quantitative estimate of drug-likeness (QED) is 0.597. The van der Waals surface area contributed by atoms with Gasteiger partial charge in [-0.1, -0.05) is 0 Å². The van der Waals surface area contributed by atoms with E-state index in [1.54, 1.807) is 6.92 Å². The summed E-state index contributed by atoms with van der Waals surface area (Å²) in [5.41, 5.74) is 0. The van der Waals surface area contributed by atoms with Crippen molar-refractivity contribution in [2.75, 3.05) is 26.4 Å². The lowest BCUT2D eigenvalue weighted by Crippen LogP contribution is -2.19. The van der Waals surface area contributed by atoms with Crippen LogP contribution in [0.15, 0.2) is 0 Å². The molecule has 0 amide bonds. The van der Waals surface area contributed by atoms with Gasteiger partial charge in [-0.25, -0.2) is 4.79 Å². The van der Waals surface area contributed by atoms with Crippen molar-refractivity contribution in [2.45, 2.75) is 25.9 Å². The van der Waals surface area contributed by atoms with Gasteiger partial charge in [0.25, 0.3) is 0 Å². The molecule has 0 aliphatic carbocycles. The summed E-state index contributed by atoms with van der Waals surface area (Å²) in [5, 5.41) is 0. The molecule has 0 aromatic carbocycles. The first-order valence-electron chi connectivity index (χ1n) is 4.68. The van der Waals surface area contributed by atoms with Gasteiger partial charge in [-0.3, -0.25) is 0 Å². The number of carbonyl (C=O) groups excluding carboxylic acids is 1. The highest BCUT2D eigenvalue weighted by molar-refractivity contribution is 5.70.